The second-order valence-corrected chi connectivity index (χ2v) is 10.5. The van der Waals surface area contributed by atoms with Crippen molar-refractivity contribution < 1.29 is 9.53 Å². The lowest BCUT2D eigenvalue weighted by molar-refractivity contribution is -0.146. The Morgan fingerprint density at radius 2 is 1.15 bits per heavy atom. The van der Waals surface area contributed by atoms with Crippen LogP contribution in [0.15, 0.2) is 46.6 Å². The maximum absolute atomic E-state index is 12.5. The minimum Gasteiger partial charge on any atom is -0.458 e. The van der Waals surface area contributed by atoms with Gasteiger partial charge in [0.15, 0.2) is 0 Å². The van der Waals surface area contributed by atoms with Crippen molar-refractivity contribution in [2.75, 3.05) is 0 Å². The summed E-state index contributed by atoms with van der Waals surface area (Å²) in [5.41, 5.74) is 5.39. The van der Waals surface area contributed by atoms with Gasteiger partial charge in [0.1, 0.15) is 6.10 Å². The normalized spacial score (nSPS) is 12.9. The van der Waals surface area contributed by atoms with Gasteiger partial charge in [-0.2, -0.15) is 0 Å². The SMILES string of the molecule is CCCCCCCCCCCC(=O)OC(/C=C(\C)CCC=C(C)C)C/C=C(\C)CCC=C(C)C. The third-order valence-electron chi connectivity index (χ3n) is 6.12. The highest BCUT2D eigenvalue weighted by atomic mass is 16.5. The van der Waals surface area contributed by atoms with Crippen molar-refractivity contribution in [3.8, 4) is 0 Å². The van der Waals surface area contributed by atoms with E-state index in [4.69, 9.17) is 4.74 Å². The van der Waals surface area contributed by atoms with Crippen LogP contribution in [0.4, 0.5) is 0 Å². The van der Waals surface area contributed by atoms with Crippen LogP contribution in [0.3, 0.4) is 0 Å². The van der Waals surface area contributed by atoms with Crippen molar-refractivity contribution in [2.45, 2.75) is 151 Å². The fourth-order valence-corrected chi connectivity index (χ4v) is 3.96. The Morgan fingerprint density at radius 3 is 1.68 bits per heavy atom. The summed E-state index contributed by atoms with van der Waals surface area (Å²) in [7, 11) is 0. The van der Waals surface area contributed by atoms with Crippen molar-refractivity contribution in [2.24, 2.45) is 0 Å². The van der Waals surface area contributed by atoms with Crippen LogP contribution in [0.2, 0.25) is 0 Å². The molecule has 0 heterocycles. The minimum absolute atomic E-state index is 0.0445. The predicted molar refractivity (Wildman–Crippen MR) is 151 cm³/mol. The van der Waals surface area contributed by atoms with E-state index in [9.17, 15) is 4.79 Å². The van der Waals surface area contributed by atoms with Gasteiger partial charge in [0.2, 0.25) is 0 Å². The molecule has 0 rings (SSSR count). The Labute approximate surface area is 213 Å². The molecule has 1 atom stereocenters. The average Bonchev–Trinajstić information content (AvgIpc) is 2.75. The molecule has 0 saturated heterocycles. The zero-order valence-electron chi connectivity index (χ0n) is 23.8. The first kappa shape index (κ1) is 32.4. The Kier molecular flexibility index (Phi) is 20.9. The monoisotopic (exact) mass is 472 g/mol. The van der Waals surface area contributed by atoms with Gasteiger partial charge < -0.3 is 4.74 Å². The maximum Gasteiger partial charge on any atom is 0.306 e. The highest BCUT2D eigenvalue weighted by molar-refractivity contribution is 5.69. The van der Waals surface area contributed by atoms with Gasteiger partial charge in [-0.15, -0.1) is 0 Å². The second kappa shape index (κ2) is 21.9. The Morgan fingerprint density at radius 1 is 0.647 bits per heavy atom. The first-order valence-corrected chi connectivity index (χ1v) is 14.0. The fourth-order valence-electron chi connectivity index (χ4n) is 3.96. The van der Waals surface area contributed by atoms with Gasteiger partial charge in [0.25, 0.3) is 0 Å². The Bertz CT molecular complexity index is 640. The van der Waals surface area contributed by atoms with Crippen molar-refractivity contribution >= 4 is 5.97 Å². The highest BCUT2D eigenvalue weighted by Gasteiger charge is 2.12. The number of carbonyl (C=O) groups excluding carboxylic acids is 1. The fraction of sp³-hybridized carbons (Fsp3) is 0.719. The van der Waals surface area contributed by atoms with E-state index in [0.29, 0.717) is 6.42 Å². The molecule has 0 aromatic heterocycles. The van der Waals surface area contributed by atoms with Crippen molar-refractivity contribution in [3.63, 3.8) is 0 Å². The molecule has 2 heteroatoms. The lowest BCUT2D eigenvalue weighted by Crippen LogP contribution is -2.16. The van der Waals surface area contributed by atoms with E-state index in [1.54, 1.807) is 0 Å². The van der Waals surface area contributed by atoms with Crippen molar-refractivity contribution in [1.82, 2.24) is 0 Å². The molecule has 34 heavy (non-hydrogen) atoms. The number of allylic oxidation sites excluding steroid dienone is 6. The topological polar surface area (TPSA) is 26.3 Å². The number of esters is 1. The summed E-state index contributed by atoms with van der Waals surface area (Å²) in [6.07, 6.45) is 25.7. The van der Waals surface area contributed by atoms with Gasteiger partial charge >= 0.3 is 5.97 Å². The zero-order valence-corrected chi connectivity index (χ0v) is 23.8. The summed E-state index contributed by atoms with van der Waals surface area (Å²) in [5.74, 6) is -0.0445. The summed E-state index contributed by atoms with van der Waals surface area (Å²) < 4.78 is 5.93. The molecule has 0 aliphatic rings. The van der Waals surface area contributed by atoms with Gasteiger partial charge in [0, 0.05) is 12.8 Å². The summed E-state index contributed by atoms with van der Waals surface area (Å²) in [5, 5.41) is 0. The summed E-state index contributed by atoms with van der Waals surface area (Å²) in [6, 6.07) is 0. The van der Waals surface area contributed by atoms with Gasteiger partial charge in [-0.25, -0.2) is 0 Å². The molecule has 0 radical (unpaired) electrons. The average molecular weight is 473 g/mol. The molecule has 0 aliphatic heterocycles. The van der Waals surface area contributed by atoms with Crippen molar-refractivity contribution in [3.05, 3.63) is 46.6 Å². The first-order valence-electron chi connectivity index (χ1n) is 14.0. The second-order valence-electron chi connectivity index (χ2n) is 10.5. The maximum atomic E-state index is 12.5. The van der Waals surface area contributed by atoms with Gasteiger partial charge in [0.05, 0.1) is 0 Å². The molecule has 0 aliphatic carbocycles. The molecule has 0 bridgehead atoms. The van der Waals surface area contributed by atoms with Crippen LogP contribution in [-0.4, -0.2) is 12.1 Å². The first-order chi connectivity index (χ1) is 16.2. The number of unbranched alkanes of at least 4 members (excludes halogenated alkanes) is 8. The molecule has 0 aromatic rings. The molecule has 0 aromatic carbocycles. The number of hydrogen-bond acceptors (Lipinski definition) is 2. The van der Waals surface area contributed by atoms with Gasteiger partial charge in [-0.05, 0) is 79.7 Å². The van der Waals surface area contributed by atoms with E-state index in [0.717, 1.165) is 44.9 Å². The number of rotatable bonds is 20. The van der Waals surface area contributed by atoms with E-state index in [-0.39, 0.29) is 12.1 Å². The summed E-state index contributed by atoms with van der Waals surface area (Å²) >= 11 is 0. The van der Waals surface area contributed by atoms with Crippen LogP contribution in [0, 0.1) is 0 Å². The summed E-state index contributed by atoms with van der Waals surface area (Å²) in [6.45, 7) is 15.2. The van der Waals surface area contributed by atoms with E-state index in [2.05, 4.69) is 72.8 Å². The molecule has 0 amide bonds. The number of carbonyl (C=O) groups is 1. The molecule has 0 saturated carbocycles. The molecule has 196 valence electrons. The molecule has 0 fully saturated rings. The third-order valence-corrected chi connectivity index (χ3v) is 6.12. The Balaban J connectivity index is 4.63. The number of hydrogen-bond donors (Lipinski definition) is 0. The van der Waals surface area contributed by atoms with Crippen molar-refractivity contribution in [1.29, 1.82) is 0 Å². The molecular formula is C32H56O2. The lowest BCUT2D eigenvalue weighted by Gasteiger charge is -2.15. The van der Waals surface area contributed by atoms with Crippen LogP contribution in [0.5, 0.6) is 0 Å². The molecule has 0 spiro atoms. The Hall–Kier alpha value is -1.57. The van der Waals surface area contributed by atoms with E-state index in [1.807, 2.05) is 0 Å². The van der Waals surface area contributed by atoms with E-state index >= 15 is 0 Å². The summed E-state index contributed by atoms with van der Waals surface area (Å²) in [4.78, 5) is 12.5. The highest BCUT2D eigenvalue weighted by Crippen LogP contribution is 2.16. The van der Waals surface area contributed by atoms with Gasteiger partial charge in [-0.1, -0.05) is 98.8 Å². The zero-order chi connectivity index (χ0) is 25.6. The number of ether oxygens (including phenoxy) is 1. The molecular weight excluding hydrogens is 416 g/mol. The largest absolute Gasteiger partial charge is 0.458 e. The van der Waals surface area contributed by atoms with E-state index < -0.39 is 0 Å². The van der Waals surface area contributed by atoms with Crippen LogP contribution < -0.4 is 0 Å². The molecule has 2 nitrogen and oxygen atoms in total. The van der Waals surface area contributed by atoms with Crippen LogP contribution >= 0.6 is 0 Å². The predicted octanol–water partition coefficient (Wildman–Crippen LogP) is 10.6. The van der Waals surface area contributed by atoms with Crippen LogP contribution in [0.25, 0.3) is 0 Å². The lowest BCUT2D eigenvalue weighted by atomic mass is 10.0. The van der Waals surface area contributed by atoms with Crippen LogP contribution in [0.1, 0.15) is 145 Å². The standard InChI is InChI=1S/C32H56O2/c1-8-9-10-11-12-13-14-15-16-23-32(33)34-31(26-30(7)22-18-20-28(4)5)25-24-29(6)21-17-19-27(2)3/h19-20,24,26,31H,8-18,21-23,25H2,1-7H3/b29-24+,30-26+. The third kappa shape index (κ3) is 22.2. The molecule has 1 unspecified atom stereocenters. The van der Waals surface area contributed by atoms with Gasteiger partial charge in [-0.3, -0.25) is 4.79 Å². The minimum atomic E-state index is -0.156. The smallest absolute Gasteiger partial charge is 0.306 e. The van der Waals surface area contributed by atoms with E-state index in [1.165, 1.54) is 67.2 Å². The van der Waals surface area contributed by atoms with Crippen LogP contribution in [-0.2, 0) is 9.53 Å². The molecule has 0 N–H and O–H groups in total. The quantitative estimate of drug-likeness (QED) is 0.1000.